The van der Waals surface area contributed by atoms with Gasteiger partial charge in [-0.1, -0.05) is 52.5 Å². The number of carboxylic acids is 1. The highest BCUT2D eigenvalue weighted by molar-refractivity contribution is 6.51. The van der Waals surface area contributed by atoms with Gasteiger partial charge in [0.15, 0.2) is 0 Å². The zero-order chi connectivity index (χ0) is 15.0. The number of rotatable bonds is 2. The molecule has 0 amide bonds. The van der Waals surface area contributed by atoms with Gasteiger partial charge in [-0.25, -0.2) is 4.79 Å². The molecule has 0 radical (unpaired) electrons. The molecule has 0 aliphatic carbocycles. The lowest BCUT2D eigenvalue weighted by Gasteiger charge is -2.12. The summed E-state index contributed by atoms with van der Waals surface area (Å²) in [4.78, 5) is 11.1. The Bertz CT molecular complexity index is 711. The minimum absolute atomic E-state index is 0.151. The topological polar surface area (TPSA) is 37.3 Å². The second kappa shape index (κ2) is 5.82. The molecule has 104 valence electrons. The smallest absolute Gasteiger partial charge is 0.335 e. The molecule has 0 saturated carbocycles. The Balaban J connectivity index is 2.75. The highest BCUT2D eigenvalue weighted by Gasteiger charge is 2.17. The lowest BCUT2D eigenvalue weighted by molar-refractivity contribution is 0.0697. The first kappa shape index (κ1) is 15.5. The third kappa shape index (κ3) is 2.89. The van der Waals surface area contributed by atoms with E-state index in [1.54, 1.807) is 19.1 Å². The Labute approximate surface area is 135 Å². The summed E-state index contributed by atoms with van der Waals surface area (Å²) in [7, 11) is 0. The Morgan fingerprint density at radius 2 is 1.60 bits per heavy atom. The molecule has 2 rings (SSSR count). The van der Waals surface area contributed by atoms with Crippen molar-refractivity contribution in [3.8, 4) is 11.1 Å². The minimum Gasteiger partial charge on any atom is -0.478 e. The average molecular weight is 350 g/mol. The monoisotopic (exact) mass is 348 g/mol. The standard InChI is InChI=1S/C14H8Cl4O2/c1-6-2-7(4-8(3-6)14(19)20)11-9(15)5-10(16)12(17)13(11)18/h2-5H,1H3,(H,19,20). The number of halogens is 4. The molecule has 0 heterocycles. The number of carboxylic acid groups (broad SMARTS) is 1. The van der Waals surface area contributed by atoms with Crippen molar-refractivity contribution in [1.82, 2.24) is 0 Å². The molecule has 0 fully saturated rings. The summed E-state index contributed by atoms with van der Waals surface area (Å²) in [6.45, 7) is 1.79. The molecule has 0 unspecified atom stereocenters. The van der Waals surface area contributed by atoms with E-state index in [2.05, 4.69) is 0 Å². The number of aryl methyl sites for hydroxylation is 1. The second-order valence-corrected chi connectivity index (χ2v) is 5.81. The van der Waals surface area contributed by atoms with E-state index >= 15 is 0 Å². The third-order valence-electron chi connectivity index (χ3n) is 2.73. The maximum Gasteiger partial charge on any atom is 0.335 e. The molecular formula is C14H8Cl4O2. The van der Waals surface area contributed by atoms with Crippen LogP contribution in [-0.4, -0.2) is 11.1 Å². The van der Waals surface area contributed by atoms with Gasteiger partial charge in [0.05, 0.1) is 25.7 Å². The summed E-state index contributed by atoms with van der Waals surface area (Å²) in [6, 6.07) is 6.32. The van der Waals surface area contributed by atoms with Crippen LogP contribution in [0.1, 0.15) is 15.9 Å². The van der Waals surface area contributed by atoms with E-state index < -0.39 is 5.97 Å². The van der Waals surface area contributed by atoms with Gasteiger partial charge in [-0.15, -0.1) is 0 Å². The number of hydrogen-bond acceptors (Lipinski definition) is 1. The fourth-order valence-electron chi connectivity index (χ4n) is 1.88. The van der Waals surface area contributed by atoms with Crippen LogP contribution in [0.2, 0.25) is 20.1 Å². The summed E-state index contributed by atoms with van der Waals surface area (Å²) >= 11 is 24.2. The molecular weight excluding hydrogens is 342 g/mol. The van der Waals surface area contributed by atoms with E-state index in [1.807, 2.05) is 0 Å². The van der Waals surface area contributed by atoms with Crippen molar-refractivity contribution in [3.05, 3.63) is 55.5 Å². The van der Waals surface area contributed by atoms with E-state index in [0.29, 0.717) is 16.1 Å². The maximum absolute atomic E-state index is 11.1. The molecule has 2 nitrogen and oxygen atoms in total. The Kier molecular flexibility index (Phi) is 4.50. The SMILES string of the molecule is Cc1cc(C(=O)O)cc(-c2c(Cl)cc(Cl)c(Cl)c2Cl)c1. The number of carbonyl (C=O) groups is 1. The summed E-state index contributed by atoms with van der Waals surface area (Å²) in [5.41, 5.74) is 1.97. The van der Waals surface area contributed by atoms with Gasteiger partial charge in [0.1, 0.15) is 0 Å². The van der Waals surface area contributed by atoms with Gasteiger partial charge in [0.25, 0.3) is 0 Å². The summed E-state index contributed by atoms with van der Waals surface area (Å²) in [5, 5.41) is 10.0. The lowest BCUT2D eigenvalue weighted by atomic mass is 10.00. The highest BCUT2D eigenvalue weighted by atomic mass is 35.5. The summed E-state index contributed by atoms with van der Waals surface area (Å²) in [6.07, 6.45) is 0. The van der Waals surface area contributed by atoms with Crippen molar-refractivity contribution in [2.45, 2.75) is 6.92 Å². The molecule has 1 N–H and O–H groups in total. The largest absolute Gasteiger partial charge is 0.478 e. The molecule has 0 atom stereocenters. The van der Waals surface area contributed by atoms with Crippen LogP contribution in [0.15, 0.2) is 24.3 Å². The van der Waals surface area contributed by atoms with Crippen molar-refractivity contribution in [1.29, 1.82) is 0 Å². The van der Waals surface area contributed by atoms with E-state index in [1.165, 1.54) is 12.1 Å². The van der Waals surface area contributed by atoms with Crippen LogP contribution in [0.4, 0.5) is 0 Å². The number of benzene rings is 2. The van der Waals surface area contributed by atoms with Gasteiger partial charge < -0.3 is 5.11 Å². The van der Waals surface area contributed by atoms with Crippen LogP contribution in [0.3, 0.4) is 0 Å². The summed E-state index contributed by atoms with van der Waals surface area (Å²) in [5.74, 6) is -1.03. The lowest BCUT2D eigenvalue weighted by Crippen LogP contribution is -1.97. The summed E-state index contributed by atoms with van der Waals surface area (Å²) < 4.78 is 0. The zero-order valence-corrected chi connectivity index (χ0v) is 13.2. The van der Waals surface area contributed by atoms with E-state index in [9.17, 15) is 4.79 Å². The van der Waals surface area contributed by atoms with Crippen LogP contribution < -0.4 is 0 Å². The molecule has 0 aliphatic rings. The minimum atomic E-state index is -1.03. The Morgan fingerprint density at radius 1 is 0.950 bits per heavy atom. The van der Waals surface area contributed by atoms with Gasteiger partial charge in [0, 0.05) is 5.56 Å². The van der Waals surface area contributed by atoms with Crippen LogP contribution in [0.25, 0.3) is 11.1 Å². The fraction of sp³-hybridized carbons (Fsp3) is 0.0714. The van der Waals surface area contributed by atoms with Gasteiger partial charge >= 0.3 is 5.97 Å². The van der Waals surface area contributed by atoms with Gasteiger partial charge in [0.2, 0.25) is 0 Å². The van der Waals surface area contributed by atoms with E-state index in [4.69, 9.17) is 51.5 Å². The molecule has 0 spiro atoms. The first-order valence-electron chi connectivity index (χ1n) is 5.49. The van der Waals surface area contributed by atoms with Crippen LogP contribution in [0, 0.1) is 6.92 Å². The van der Waals surface area contributed by atoms with Crippen molar-refractivity contribution < 1.29 is 9.90 Å². The molecule has 2 aromatic rings. The molecule has 0 bridgehead atoms. The Hall–Kier alpha value is -0.930. The van der Waals surface area contributed by atoms with Crippen molar-refractivity contribution >= 4 is 52.4 Å². The average Bonchev–Trinajstić information content (AvgIpc) is 2.35. The third-order valence-corrected chi connectivity index (χ3v) is 4.29. The van der Waals surface area contributed by atoms with Crippen molar-refractivity contribution in [3.63, 3.8) is 0 Å². The molecule has 6 heteroatoms. The normalized spacial score (nSPS) is 10.7. The maximum atomic E-state index is 11.1. The van der Waals surface area contributed by atoms with Crippen LogP contribution in [0.5, 0.6) is 0 Å². The van der Waals surface area contributed by atoms with E-state index in [0.717, 1.165) is 5.56 Å². The van der Waals surface area contributed by atoms with Crippen LogP contribution >= 0.6 is 46.4 Å². The van der Waals surface area contributed by atoms with Crippen molar-refractivity contribution in [2.75, 3.05) is 0 Å². The first-order valence-corrected chi connectivity index (χ1v) is 7.00. The molecule has 0 aromatic heterocycles. The predicted molar refractivity (Wildman–Crippen MR) is 83.6 cm³/mol. The second-order valence-electron chi connectivity index (χ2n) is 4.24. The van der Waals surface area contributed by atoms with Crippen LogP contribution in [-0.2, 0) is 0 Å². The van der Waals surface area contributed by atoms with Gasteiger partial charge in [-0.05, 0) is 36.2 Å². The van der Waals surface area contributed by atoms with Gasteiger partial charge in [-0.2, -0.15) is 0 Å². The molecule has 0 saturated heterocycles. The first-order chi connectivity index (χ1) is 9.31. The molecule has 2 aromatic carbocycles. The highest BCUT2D eigenvalue weighted by Crippen LogP contribution is 2.43. The Morgan fingerprint density at radius 3 is 2.20 bits per heavy atom. The number of aromatic carboxylic acids is 1. The fourth-order valence-corrected chi connectivity index (χ4v) is 3.01. The molecule has 20 heavy (non-hydrogen) atoms. The van der Waals surface area contributed by atoms with E-state index in [-0.39, 0.29) is 20.6 Å². The van der Waals surface area contributed by atoms with Crippen molar-refractivity contribution in [2.24, 2.45) is 0 Å². The predicted octanol–water partition coefficient (Wildman–Crippen LogP) is 5.97. The van der Waals surface area contributed by atoms with Gasteiger partial charge in [-0.3, -0.25) is 0 Å². The molecule has 0 aliphatic heterocycles. The quantitative estimate of drug-likeness (QED) is 0.535. The number of hydrogen-bond donors (Lipinski definition) is 1. The zero-order valence-electron chi connectivity index (χ0n) is 10.2.